The van der Waals surface area contributed by atoms with Crippen LogP contribution >= 0.6 is 11.6 Å². The molecule has 0 aliphatic heterocycles. The number of hydrogen-bond acceptors (Lipinski definition) is 5. The van der Waals surface area contributed by atoms with Crippen LogP contribution in [0.2, 0.25) is 5.28 Å². The van der Waals surface area contributed by atoms with Gasteiger partial charge in [0.05, 0.1) is 0 Å². The molecule has 21 heavy (non-hydrogen) atoms. The topological polar surface area (TPSA) is 53.9 Å². The van der Waals surface area contributed by atoms with Gasteiger partial charge in [0.15, 0.2) is 0 Å². The van der Waals surface area contributed by atoms with Crippen LogP contribution in [0.5, 0.6) is 0 Å². The van der Waals surface area contributed by atoms with Crippen molar-refractivity contribution < 1.29 is 4.39 Å². The monoisotopic (exact) mass is 309 g/mol. The van der Waals surface area contributed by atoms with Gasteiger partial charge in [-0.1, -0.05) is 6.07 Å². The Morgan fingerprint density at radius 1 is 1.19 bits per heavy atom. The van der Waals surface area contributed by atoms with E-state index in [1.807, 2.05) is 25.7 Å². The van der Waals surface area contributed by atoms with E-state index in [2.05, 4.69) is 20.3 Å². The number of hydrogen-bond donors (Lipinski definition) is 1. The summed E-state index contributed by atoms with van der Waals surface area (Å²) in [6, 6.07) is 4.48. The first-order valence-electron chi connectivity index (χ1n) is 6.73. The number of anilines is 3. The van der Waals surface area contributed by atoms with E-state index in [9.17, 15) is 4.39 Å². The van der Waals surface area contributed by atoms with Crippen molar-refractivity contribution in [2.45, 2.75) is 20.8 Å². The number of nitrogens with zero attached hydrogens (tertiary/aromatic N) is 4. The second-order valence-electron chi connectivity index (χ2n) is 4.48. The summed E-state index contributed by atoms with van der Waals surface area (Å²) in [5.41, 5.74) is 1.49. The average Bonchev–Trinajstić information content (AvgIpc) is 2.44. The number of benzene rings is 1. The molecular formula is C14H17ClFN5. The number of aryl methyl sites for hydroxylation is 1. The third-order valence-corrected chi connectivity index (χ3v) is 3.26. The van der Waals surface area contributed by atoms with E-state index in [1.165, 1.54) is 12.1 Å². The van der Waals surface area contributed by atoms with Crippen molar-refractivity contribution in [3.63, 3.8) is 0 Å². The minimum Gasteiger partial charge on any atom is -0.341 e. The molecule has 0 unspecified atom stereocenters. The van der Waals surface area contributed by atoms with Crippen molar-refractivity contribution in [2.24, 2.45) is 0 Å². The molecule has 0 amide bonds. The molecule has 1 aromatic carbocycles. The van der Waals surface area contributed by atoms with Crippen LogP contribution in [0.1, 0.15) is 19.4 Å². The Bertz CT molecular complexity index is 631. The van der Waals surface area contributed by atoms with Gasteiger partial charge in [0, 0.05) is 18.8 Å². The van der Waals surface area contributed by atoms with Crippen LogP contribution in [-0.4, -0.2) is 28.0 Å². The first kappa shape index (κ1) is 15.4. The quantitative estimate of drug-likeness (QED) is 0.915. The standard InChI is InChI=1S/C14H17ClFN5/c1-4-21(5-2)14-19-12(15)18-13(20-14)17-11-8-10(16)7-6-9(11)3/h6-8H,4-5H2,1-3H3,(H,17,18,19,20). The second-order valence-corrected chi connectivity index (χ2v) is 4.82. The Morgan fingerprint density at radius 2 is 1.90 bits per heavy atom. The van der Waals surface area contributed by atoms with E-state index in [4.69, 9.17) is 11.6 Å². The van der Waals surface area contributed by atoms with E-state index in [0.29, 0.717) is 17.6 Å². The van der Waals surface area contributed by atoms with Gasteiger partial charge in [-0.3, -0.25) is 0 Å². The van der Waals surface area contributed by atoms with E-state index in [-0.39, 0.29) is 11.1 Å². The highest BCUT2D eigenvalue weighted by Gasteiger charge is 2.11. The van der Waals surface area contributed by atoms with Crippen molar-refractivity contribution in [1.29, 1.82) is 0 Å². The molecule has 5 nitrogen and oxygen atoms in total. The van der Waals surface area contributed by atoms with E-state index < -0.39 is 0 Å². The molecular weight excluding hydrogens is 293 g/mol. The number of aromatic nitrogens is 3. The van der Waals surface area contributed by atoms with Crippen molar-refractivity contribution in [2.75, 3.05) is 23.3 Å². The summed E-state index contributed by atoms with van der Waals surface area (Å²) in [5.74, 6) is 0.467. The fourth-order valence-electron chi connectivity index (χ4n) is 1.89. The highest BCUT2D eigenvalue weighted by molar-refractivity contribution is 6.28. The Hall–Kier alpha value is -1.95. The van der Waals surface area contributed by atoms with Crippen LogP contribution in [-0.2, 0) is 0 Å². The Kier molecular flexibility index (Phi) is 4.90. The molecule has 0 aliphatic carbocycles. The maximum absolute atomic E-state index is 13.3. The van der Waals surface area contributed by atoms with Crippen LogP contribution in [0, 0.1) is 12.7 Å². The maximum Gasteiger partial charge on any atom is 0.233 e. The summed E-state index contributed by atoms with van der Waals surface area (Å²) in [4.78, 5) is 14.4. The lowest BCUT2D eigenvalue weighted by molar-refractivity contribution is 0.628. The van der Waals surface area contributed by atoms with Crippen LogP contribution in [0.25, 0.3) is 0 Å². The zero-order valence-corrected chi connectivity index (χ0v) is 12.9. The third kappa shape index (κ3) is 3.78. The highest BCUT2D eigenvalue weighted by Crippen LogP contribution is 2.21. The number of nitrogens with one attached hydrogen (secondary N) is 1. The van der Waals surface area contributed by atoms with Gasteiger partial charge in [0.2, 0.25) is 17.2 Å². The molecule has 0 aliphatic rings. The summed E-state index contributed by atoms with van der Waals surface area (Å²) in [7, 11) is 0. The largest absolute Gasteiger partial charge is 0.341 e. The van der Waals surface area contributed by atoms with Crippen molar-refractivity contribution in [3.8, 4) is 0 Å². The number of halogens is 2. The minimum absolute atomic E-state index is 0.100. The van der Waals surface area contributed by atoms with Crippen molar-refractivity contribution in [1.82, 2.24) is 15.0 Å². The first-order valence-corrected chi connectivity index (χ1v) is 7.11. The highest BCUT2D eigenvalue weighted by atomic mass is 35.5. The van der Waals surface area contributed by atoms with E-state index >= 15 is 0 Å². The number of rotatable bonds is 5. The molecule has 1 aromatic heterocycles. The molecule has 0 radical (unpaired) electrons. The fraction of sp³-hybridized carbons (Fsp3) is 0.357. The normalized spacial score (nSPS) is 10.5. The lowest BCUT2D eigenvalue weighted by Crippen LogP contribution is -2.24. The molecule has 112 valence electrons. The Balaban J connectivity index is 2.34. The molecule has 0 spiro atoms. The van der Waals surface area contributed by atoms with E-state index in [0.717, 1.165) is 18.7 Å². The van der Waals surface area contributed by atoms with E-state index in [1.54, 1.807) is 6.07 Å². The molecule has 1 heterocycles. The Morgan fingerprint density at radius 3 is 2.57 bits per heavy atom. The summed E-state index contributed by atoms with van der Waals surface area (Å²) in [5, 5.41) is 3.08. The molecule has 1 N–H and O–H groups in total. The zero-order valence-electron chi connectivity index (χ0n) is 12.2. The van der Waals surface area contributed by atoms with Crippen LogP contribution in [0.4, 0.5) is 22.0 Å². The SMILES string of the molecule is CCN(CC)c1nc(Cl)nc(Nc2cc(F)ccc2C)n1. The fourth-order valence-corrected chi connectivity index (χ4v) is 2.05. The molecule has 0 saturated carbocycles. The molecule has 0 fully saturated rings. The van der Waals surface area contributed by atoms with Crippen molar-refractivity contribution in [3.05, 3.63) is 34.9 Å². The lowest BCUT2D eigenvalue weighted by atomic mass is 10.2. The lowest BCUT2D eigenvalue weighted by Gasteiger charge is -2.19. The van der Waals surface area contributed by atoms with Crippen LogP contribution < -0.4 is 10.2 Å². The van der Waals surface area contributed by atoms with Crippen molar-refractivity contribution >= 4 is 29.2 Å². The van der Waals surface area contributed by atoms with Gasteiger partial charge in [0.1, 0.15) is 5.82 Å². The maximum atomic E-state index is 13.3. The van der Waals surface area contributed by atoms with Gasteiger partial charge >= 0.3 is 0 Å². The van der Waals surface area contributed by atoms with Gasteiger partial charge in [-0.25, -0.2) is 4.39 Å². The molecule has 0 atom stereocenters. The minimum atomic E-state index is -0.327. The molecule has 2 aromatic rings. The van der Waals surface area contributed by atoms with Gasteiger partial charge in [-0.05, 0) is 50.1 Å². The first-order chi connectivity index (χ1) is 10.0. The molecule has 0 saturated heterocycles. The molecule has 0 bridgehead atoms. The van der Waals surface area contributed by atoms with Crippen LogP contribution in [0.3, 0.4) is 0 Å². The van der Waals surface area contributed by atoms with Gasteiger partial charge in [-0.15, -0.1) is 0 Å². The predicted octanol–water partition coefficient (Wildman–Crippen LogP) is 3.56. The van der Waals surface area contributed by atoms with Crippen LogP contribution in [0.15, 0.2) is 18.2 Å². The Labute approximate surface area is 128 Å². The van der Waals surface area contributed by atoms with Gasteiger partial charge in [0.25, 0.3) is 0 Å². The van der Waals surface area contributed by atoms with Gasteiger partial charge in [-0.2, -0.15) is 15.0 Å². The average molecular weight is 310 g/mol. The summed E-state index contributed by atoms with van der Waals surface area (Å²) in [6.45, 7) is 7.40. The zero-order chi connectivity index (χ0) is 15.4. The second kappa shape index (κ2) is 6.67. The third-order valence-electron chi connectivity index (χ3n) is 3.09. The molecule has 7 heteroatoms. The molecule has 2 rings (SSSR count). The predicted molar refractivity (Wildman–Crippen MR) is 82.8 cm³/mol. The summed E-state index contributed by atoms with van der Waals surface area (Å²) in [6.07, 6.45) is 0. The summed E-state index contributed by atoms with van der Waals surface area (Å²) < 4.78 is 13.3. The summed E-state index contributed by atoms with van der Waals surface area (Å²) >= 11 is 5.94. The van der Waals surface area contributed by atoms with Gasteiger partial charge < -0.3 is 10.2 Å². The smallest absolute Gasteiger partial charge is 0.233 e.